The van der Waals surface area contributed by atoms with Gasteiger partial charge in [0.1, 0.15) is 24.1 Å². The van der Waals surface area contributed by atoms with Gasteiger partial charge in [-0.25, -0.2) is 0 Å². The van der Waals surface area contributed by atoms with E-state index in [0.717, 1.165) is 37.7 Å². The van der Waals surface area contributed by atoms with Gasteiger partial charge in [0.15, 0.2) is 17.8 Å². The number of fused-ring (bicyclic) bond motifs is 5. The van der Waals surface area contributed by atoms with E-state index in [1.807, 2.05) is 12.1 Å². The van der Waals surface area contributed by atoms with E-state index in [-0.39, 0.29) is 5.41 Å². The zero-order chi connectivity index (χ0) is 22.8. The van der Waals surface area contributed by atoms with Crippen molar-refractivity contribution in [2.24, 2.45) is 17.3 Å². The van der Waals surface area contributed by atoms with Crippen LogP contribution in [0, 0.1) is 17.3 Å². The van der Waals surface area contributed by atoms with E-state index in [9.17, 15) is 25.2 Å². The van der Waals surface area contributed by atoms with Crippen LogP contribution >= 0.6 is 0 Å². The third kappa shape index (κ3) is 3.27. The van der Waals surface area contributed by atoms with Crippen LogP contribution in [-0.4, -0.2) is 64.2 Å². The normalized spacial score (nSPS) is 43.2. The Hall–Kier alpha value is -1.71. The Labute approximate surface area is 187 Å². The highest BCUT2D eigenvalue weighted by Crippen LogP contribution is 2.60. The fraction of sp³-hybridized carbons (Fsp3) is 0.708. The maximum absolute atomic E-state index is 12.6. The minimum absolute atomic E-state index is 0.174. The van der Waals surface area contributed by atoms with Crippen molar-refractivity contribution < 1.29 is 39.4 Å². The highest BCUT2D eigenvalue weighted by molar-refractivity contribution is 5.87. The van der Waals surface area contributed by atoms with Gasteiger partial charge in [-0.05, 0) is 73.1 Å². The number of methoxy groups -OCH3 is 1. The summed E-state index contributed by atoms with van der Waals surface area (Å²) in [5.41, 5.74) is 2.20. The van der Waals surface area contributed by atoms with Gasteiger partial charge in [0.25, 0.3) is 0 Å². The topological polar surface area (TPSA) is 126 Å². The fourth-order valence-corrected chi connectivity index (χ4v) is 6.65. The Morgan fingerprint density at radius 2 is 1.78 bits per heavy atom. The lowest BCUT2D eigenvalue weighted by Gasteiger charge is -2.48. The van der Waals surface area contributed by atoms with Crippen LogP contribution in [0.4, 0.5) is 0 Å². The summed E-state index contributed by atoms with van der Waals surface area (Å²) in [6.07, 6.45) is -2.34. The SMILES string of the molecule is COc1cc2c(cc1OC1OC(O)C(O)C(O)C1O)CCC1C2CCC2(C)C(=O)CCC12. The molecule has 5 rings (SSSR count). The molecule has 0 bridgehead atoms. The van der Waals surface area contributed by atoms with Gasteiger partial charge in [-0.3, -0.25) is 4.79 Å². The number of benzene rings is 1. The van der Waals surface area contributed by atoms with E-state index in [0.29, 0.717) is 41.5 Å². The van der Waals surface area contributed by atoms with Gasteiger partial charge in [-0.15, -0.1) is 0 Å². The highest BCUT2D eigenvalue weighted by atomic mass is 16.7. The summed E-state index contributed by atoms with van der Waals surface area (Å²) in [6, 6.07) is 3.87. The molecule has 1 heterocycles. The smallest absolute Gasteiger partial charge is 0.231 e. The predicted octanol–water partition coefficient (Wildman–Crippen LogP) is 1.26. The Bertz CT molecular complexity index is 902. The summed E-state index contributed by atoms with van der Waals surface area (Å²) in [6.45, 7) is 2.16. The third-order valence-corrected chi connectivity index (χ3v) is 8.51. The quantitative estimate of drug-likeness (QED) is 0.545. The molecule has 176 valence electrons. The average molecular weight is 449 g/mol. The van der Waals surface area contributed by atoms with Crippen molar-refractivity contribution in [3.05, 3.63) is 23.3 Å². The number of rotatable bonds is 3. The number of hydrogen-bond donors (Lipinski definition) is 4. The lowest BCUT2D eigenvalue weighted by Crippen LogP contribution is -2.59. The monoisotopic (exact) mass is 448 g/mol. The van der Waals surface area contributed by atoms with Crippen molar-refractivity contribution in [1.29, 1.82) is 0 Å². The molecule has 9 unspecified atom stereocenters. The van der Waals surface area contributed by atoms with Gasteiger partial charge in [0.2, 0.25) is 6.29 Å². The number of ketones is 1. The molecule has 0 aromatic heterocycles. The molecule has 3 fully saturated rings. The number of Topliss-reactive ketones (excluding diaryl/α,β-unsaturated/α-hetero) is 1. The molecule has 2 saturated carbocycles. The number of aliphatic hydroxyl groups is 4. The number of carbonyl (C=O) groups excluding carboxylic acids is 1. The standard InChI is InChI=1S/C24H32O8/c1-24-8-7-12-13(15(24)5-6-18(24)25)4-3-11-9-17(16(30-2)10-14(11)12)31-23-21(28)19(26)20(27)22(29)32-23/h9-10,12-13,15,19-23,26-29H,3-8H2,1-2H3. The first-order chi connectivity index (χ1) is 15.2. The zero-order valence-electron chi connectivity index (χ0n) is 18.4. The Balaban J connectivity index is 1.42. The molecule has 1 aromatic carbocycles. The largest absolute Gasteiger partial charge is 0.493 e. The molecule has 0 amide bonds. The maximum atomic E-state index is 12.6. The van der Waals surface area contributed by atoms with Gasteiger partial charge in [0, 0.05) is 11.8 Å². The van der Waals surface area contributed by atoms with Crippen LogP contribution in [-0.2, 0) is 16.0 Å². The van der Waals surface area contributed by atoms with E-state index in [2.05, 4.69) is 6.92 Å². The average Bonchev–Trinajstić information content (AvgIpc) is 3.09. The van der Waals surface area contributed by atoms with Gasteiger partial charge < -0.3 is 34.6 Å². The minimum Gasteiger partial charge on any atom is -0.493 e. The van der Waals surface area contributed by atoms with Crippen molar-refractivity contribution in [3.63, 3.8) is 0 Å². The summed E-state index contributed by atoms with van der Waals surface area (Å²) in [5, 5.41) is 39.7. The van der Waals surface area contributed by atoms with Crippen LogP contribution in [0.3, 0.4) is 0 Å². The van der Waals surface area contributed by atoms with Gasteiger partial charge in [-0.2, -0.15) is 0 Å². The minimum atomic E-state index is -1.67. The molecule has 0 spiro atoms. The molecule has 3 aliphatic carbocycles. The lowest BCUT2D eigenvalue weighted by molar-refractivity contribution is -0.321. The number of ether oxygens (including phenoxy) is 3. The van der Waals surface area contributed by atoms with Crippen LogP contribution in [0.1, 0.15) is 56.1 Å². The summed E-state index contributed by atoms with van der Waals surface area (Å²) >= 11 is 0. The highest BCUT2D eigenvalue weighted by Gasteiger charge is 2.54. The second-order valence-corrected chi connectivity index (χ2v) is 10.0. The number of carbonyl (C=O) groups is 1. The van der Waals surface area contributed by atoms with Crippen molar-refractivity contribution in [2.45, 2.75) is 82.3 Å². The molecule has 0 radical (unpaired) electrons. The first kappa shape index (κ1) is 22.1. The third-order valence-electron chi connectivity index (χ3n) is 8.51. The summed E-state index contributed by atoms with van der Waals surface area (Å²) in [5.74, 6) is 2.55. The number of hydrogen-bond acceptors (Lipinski definition) is 8. The van der Waals surface area contributed by atoms with Crippen molar-refractivity contribution >= 4 is 5.78 Å². The Morgan fingerprint density at radius 1 is 1.00 bits per heavy atom. The summed E-state index contributed by atoms with van der Waals surface area (Å²) in [4.78, 5) is 12.6. The first-order valence-electron chi connectivity index (χ1n) is 11.5. The molecule has 4 aliphatic rings. The summed E-state index contributed by atoms with van der Waals surface area (Å²) in [7, 11) is 1.54. The van der Waals surface area contributed by atoms with E-state index >= 15 is 0 Å². The van der Waals surface area contributed by atoms with Crippen LogP contribution < -0.4 is 9.47 Å². The van der Waals surface area contributed by atoms with Crippen LogP contribution in [0.2, 0.25) is 0 Å². The molecule has 8 nitrogen and oxygen atoms in total. The second kappa shape index (κ2) is 7.95. The van der Waals surface area contributed by atoms with E-state index in [1.54, 1.807) is 0 Å². The van der Waals surface area contributed by atoms with Crippen molar-refractivity contribution in [3.8, 4) is 11.5 Å². The van der Waals surface area contributed by atoms with Gasteiger partial charge in [-0.1, -0.05) is 6.92 Å². The molecule has 4 N–H and O–H groups in total. The molecular formula is C24H32O8. The van der Waals surface area contributed by atoms with Crippen LogP contribution in [0.25, 0.3) is 0 Å². The fourth-order valence-electron chi connectivity index (χ4n) is 6.65. The molecule has 32 heavy (non-hydrogen) atoms. The molecular weight excluding hydrogens is 416 g/mol. The second-order valence-electron chi connectivity index (χ2n) is 10.0. The number of aryl methyl sites for hydroxylation is 1. The van der Waals surface area contributed by atoms with Crippen LogP contribution in [0.15, 0.2) is 12.1 Å². The molecule has 8 heteroatoms. The zero-order valence-corrected chi connectivity index (χ0v) is 18.4. The lowest BCUT2D eigenvalue weighted by atomic mass is 9.55. The molecule has 1 aromatic rings. The predicted molar refractivity (Wildman–Crippen MR) is 112 cm³/mol. The molecule has 1 saturated heterocycles. The van der Waals surface area contributed by atoms with Crippen molar-refractivity contribution in [1.82, 2.24) is 0 Å². The van der Waals surface area contributed by atoms with Crippen LogP contribution in [0.5, 0.6) is 11.5 Å². The summed E-state index contributed by atoms with van der Waals surface area (Å²) < 4.78 is 16.6. The molecule has 1 aliphatic heterocycles. The number of aliphatic hydroxyl groups excluding tert-OH is 4. The van der Waals surface area contributed by atoms with E-state index in [1.165, 1.54) is 12.7 Å². The maximum Gasteiger partial charge on any atom is 0.231 e. The molecule has 9 atom stereocenters. The Morgan fingerprint density at radius 3 is 2.53 bits per heavy atom. The van der Waals surface area contributed by atoms with E-state index in [4.69, 9.17) is 14.2 Å². The Kier molecular flexibility index (Phi) is 5.49. The van der Waals surface area contributed by atoms with Gasteiger partial charge in [0.05, 0.1) is 7.11 Å². The van der Waals surface area contributed by atoms with Gasteiger partial charge >= 0.3 is 0 Å². The first-order valence-corrected chi connectivity index (χ1v) is 11.5. The van der Waals surface area contributed by atoms with Crippen molar-refractivity contribution in [2.75, 3.05) is 7.11 Å². The van der Waals surface area contributed by atoms with E-state index < -0.39 is 30.9 Å².